The molecule has 0 spiro atoms. The zero-order chi connectivity index (χ0) is 14.4. The van der Waals surface area contributed by atoms with Crippen molar-refractivity contribution < 1.29 is 5.11 Å². The summed E-state index contributed by atoms with van der Waals surface area (Å²) in [6, 6.07) is 0. The zero-order valence-electron chi connectivity index (χ0n) is 13.4. The van der Waals surface area contributed by atoms with Crippen LogP contribution in [0.5, 0.6) is 0 Å². The van der Waals surface area contributed by atoms with E-state index < -0.39 is 0 Å². The van der Waals surface area contributed by atoms with Gasteiger partial charge in [0.05, 0.1) is 6.61 Å². The van der Waals surface area contributed by atoms with Gasteiger partial charge in [0.1, 0.15) is 0 Å². The molecule has 19 heavy (non-hydrogen) atoms. The summed E-state index contributed by atoms with van der Waals surface area (Å²) < 4.78 is 0. The molecule has 0 amide bonds. The normalized spacial score (nSPS) is 14.5. The Balaban J connectivity index is 3.40. The van der Waals surface area contributed by atoms with Crippen LogP contribution in [0, 0.1) is 0 Å². The van der Waals surface area contributed by atoms with Crippen molar-refractivity contribution in [3.05, 3.63) is 0 Å². The fraction of sp³-hybridized carbons (Fsp3) is 1.00. The molecule has 0 aliphatic carbocycles. The van der Waals surface area contributed by atoms with Crippen molar-refractivity contribution in [1.82, 2.24) is 0 Å². The molecule has 0 aliphatic rings. The Labute approximate surface area is 121 Å². The summed E-state index contributed by atoms with van der Waals surface area (Å²) >= 11 is 0. The molecule has 116 valence electrons. The van der Waals surface area contributed by atoms with Gasteiger partial charge in [-0.25, -0.2) is 0 Å². The van der Waals surface area contributed by atoms with E-state index in [2.05, 4.69) is 13.8 Å². The minimum Gasteiger partial charge on any atom is -0.394 e. The third-order valence-corrected chi connectivity index (χ3v) is 4.12. The topological polar surface area (TPSA) is 46.2 Å². The number of aliphatic hydroxyl groups is 1. The van der Waals surface area contributed by atoms with E-state index in [1.807, 2.05) is 0 Å². The van der Waals surface area contributed by atoms with E-state index in [0.29, 0.717) is 0 Å². The summed E-state index contributed by atoms with van der Waals surface area (Å²) in [4.78, 5) is 0. The van der Waals surface area contributed by atoms with Crippen LogP contribution in [-0.2, 0) is 0 Å². The maximum atomic E-state index is 9.41. The fourth-order valence-corrected chi connectivity index (χ4v) is 2.60. The van der Waals surface area contributed by atoms with Crippen molar-refractivity contribution in [2.45, 2.75) is 103 Å². The highest BCUT2D eigenvalue weighted by Gasteiger charge is 2.22. The molecule has 1 unspecified atom stereocenters. The third kappa shape index (κ3) is 11.4. The minimum atomic E-state index is -0.308. The standard InChI is InChI=1S/C17H37NO/c1-3-5-7-8-9-10-11-12-13-15-17(18,16-19)14-6-4-2/h19H,3-16,18H2,1-2H3. The number of hydrogen-bond donors (Lipinski definition) is 2. The lowest BCUT2D eigenvalue weighted by Gasteiger charge is -2.27. The summed E-state index contributed by atoms with van der Waals surface area (Å²) in [5, 5.41) is 9.41. The third-order valence-electron chi connectivity index (χ3n) is 4.12. The first-order valence-electron chi connectivity index (χ1n) is 8.58. The van der Waals surface area contributed by atoms with Crippen molar-refractivity contribution in [2.24, 2.45) is 5.73 Å². The van der Waals surface area contributed by atoms with Gasteiger partial charge in [0, 0.05) is 5.54 Å². The highest BCUT2D eigenvalue weighted by atomic mass is 16.3. The van der Waals surface area contributed by atoms with Crippen molar-refractivity contribution in [1.29, 1.82) is 0 Å². The van der Waals surface area contributed by atoms with Crippen LogP contribution in [0.15, 0.2) is 0 Å². The molecule has 0 aromatic heterocycles. The predicted molar refractivity (Wildman–Crippen MR) is 85.4 cm³/mol. The average Bonchev–Trinajstić information content (AvgIpc) is 2.43. The van der Waals surface area contributed by atoms with Crippen LogP contribution in [0.25, 0.3) is 0 Å². The predicted octanol–water partition coefficient (Wildman–Crippen LogP) is 4.79. The first kappa shape index (κ1) is 18.9. The first-order valence-corrected chi connectivity index (χ1v) is 8.58. The highest BCUT2D eigenvalue weighted by molar-refractivity contribution is 4.82. The van der Waals surface area contributed by atoms with Crippen molar-refractivity contribution in [3.8, 4) is 0 Å². The van der Waals surface area contributed by atoms with Gasteiger partial charge in [0.25, 0.3) is 0 Å². The average molecular weight is 271 g/mol. The second-order valence-electron chi connectivity index (χ2n) is 6.20. The quantitative estimate of drug-likeness (QED) is 0.446. The number of nitrogens with two attached hydrogens (primary N) is 1. The monoisotopic (exact) mass is 271 g/mol. The zero-order valence-corrected chi connectivity index (χ0v) is 13.4. The van der Waals surface area contributed by atoms with Gasteiger partial charge in [-0.05, 0) is 12.8 Å². The summed E-state index contributed by atoms with van der Waals surface area (Å²) in [6.07, 6.45) is 16.3. The molecule has 0 aromatic carbocycles. The smallest absolute Gasteiger partial charge is 0.0611 e. The molecular formula is C17H37NO. The van der Waals surface area contributed by atoms with Gasteiger partial charge in [-0.15, -0.1) is 0 Å². The first-order chi connectivity index (χ1) is 9.18. The molecule has 0 rings (SSSR count). The van der Waals surface area contributed by atoms with E-state index in [1.54, 1.807) is 0 Å². The van der Waals surface area contributed by atoms with Gasteiger partial charge in [-0.2, -0.15) is 0 Å². The SMILES string of the molecule is CCCCCCCCCCCC(N)(CO)CCCC. The Bertz CT molecular complexity index is 184. The lowest BCUT2D eigenvalue weighted by molar-refractivity contribution is 0.172. The maximum Gasteiger partial charge on any atom is 0.0611 e. The fourth-order valence-electron chi connectivity index (χ4n) is 2.60. The number of aliphatic hydroxyl groups excluding tert-OH is 1. The van der Waals surface area contributed by atoms with E-state index in [4.69, 9.17) is 5.73 Å². The maximum absolute atomic E-state index is 9.41. The summed E-state index contributed by atoms with van der Waals surface area (Å²) in [7, 11) is 0. The van der Waals surface area contributed by atoms with E-state index in [9.17, 15) is 5.11 Å². The van der Waals surface area contributed by atoms with Gasteiger partial charge >= 0.3 is 0 Å². The van der Waals surface area contributed by atoms with E-state index >= 15 is 0 Å². The highest BCUT2D eigenvalue weighted by Crippen LogP contribution is 2.19. The Hall–Kier alpha value is -0.0800. The van der Waals surface area contributed by atoms with Crippen LogP contribution in [0.4, 0.5) is 0 Å². The van der Waals surface area contributed by atoms with Crippen molar-refractivity contribution >= 4 is 0 Å². The molecule has 3 N–H and O–H groups in total. The minimum absolute atomic E-state index is 0.143. The van der Waals surface area contributed by atoms with Gasteiger partial charge in [-0.3, -0.25) is 0 Å². The second kappa shape index (κ2) is 12.9. The van der Waals surface area contributed by atoms with Crippen molar-refractivity contribution in [3.63, 3.8) is 0 Å². The van der Waals surface area contributed by atoms with Gasteiger partial charge < -0.3 is 10.8 Å². The van der Waals surface area contributed by atoms with Crippen LogP contribution >= 0.6 is 0 Å². The Morgan fingerprint density at radius 3 is 1.58 bits per heavy atom. The molecule has 0 fully saturated rings. The number of rotatable bonds is 14. The molecule has 0 saturated carbocycles. The molecule has 2 heteroatoms. The van der Waals surface area contributed by atoms with Crippen LogP contribution in [0.1, 0.15) is 97.3 Å². The molecule has 0 bridgehead atoms. The van der Waals surface area contributed by atoms with Gasteiger partial charge in [-0.1, -0.05) is 84.5 Å². The Kier molecular flexibility index (Phi) is 12.9. The Morgan fingerprint density at radius 2 is 1.11 bits per heavy atom. The number of hydrogen-bond acceptors (Lipinski definition) is 2. The van der Waals surface area contributed by atoms with E-state index in [0.717, 1.165) is 25.7 Å². The van der Waals surface area contributed by atoms with E-state index in [1.165, 1.54) is 57.8 Å². The number of unbranched alkanes of at least 4 members (excludes halogenated alkanes) is 9. The molecule has 0 aliphatic heterocycles. The summed E-state index contributed by atoms with van der Waals surface area (Å²) in [6.45, 7) is 4.58. The van der Waals surface area contributed by atoms with Crippen molar-refractivity contribution in [2.75, 3.05) is 6.61 Å². The lowest BCUT2D eigenvalue weighted by atomic mass is 9.88. The van der Waals surface area contributed by atoms with E-state index in [-0.39, 0.29) is 12.1 Å². The molecule has 0 heterocycles. The second-order valence-corrected chi connectivity index (χ2v) is 6.20. The Morgan fingerprint density at radius 1 is 0.684 bits per heavy atom. The molecule has 1 atom stereocenters. The summed E-state index contributed by atoms with van der Waals surface area (Å²) in [5.74, 6) is 0. The molecular weight excluding hydrogens is 234 g/mol. The van der Waals surface area contributed by atoms with Gasteiger partial charge in [0.2, 0.25) is 0 Å². The van der Waals surface area contributed by atoms with Crippen LogP contribution in [0.3, 0.4) is 0 Å². The van der Waals surface area contributed by atoms with Crippen LogP contribution in [0.2, 0.25) is 0 Å². The molecule has 0 saturated heterocycles. The van der Waals surface area contributed by atoms with Gasteiger partial charge in [0.15, 0.2) is 0 Å². The van der Waals surface area contributed by atoms with Crippen LogP contribution in [-0.4, -0.2) is 17.3 Å². The molecule has 0 radical (unpaired) electrons. The largest absolute Gasteiger partial charge is 0.394 e. The summed E-state index contributed by atoms with van der Waals surface area (Å²) in [5.41, 5.74) is 5.92. The lowest BCUT2D eigenvalue weighted by Crippen LogP contribution is -2.43. The van der Waals surface area contributed by atoms with Crippen LogP contribution < -0.4 is 5.73 Å². The molecule has 2 nitrogen and oxygen atoms in total. The molecule has 0 aromatic rings.